The Morgan fingerprint density at radius 2 is 1.76 bits per heavy atom. The highest BCUT2D eigenvalue weighted by molar-refractivity contribution is 7.87. The van der Waals surface area contributed by atoms with Gasteiger partial charge in [-0.3, -0.25) is 4.79 Å². The fourth-order valence-electron chi connectivity index (χ4n) is 1.42. The zero-order valence-electron chi connectivity index (χ0n) is 11.0. The number of hydrogen-bond donors (Lipinski definition) is 0. The highest BCUT2D eigenvalue weighted by Gasteiger charge is 2.48. The van der Waals surface area contributed by atoms with Crippen molar-refractivity contribution < 1.29 is 35.3 Å². The largest absolute Gasteiger partial charge is 0.534 e. The van der Waals surface area contributed by atoms with Crippen LogP contribution in [-0.4, -0.2) is 27.0 Å². The lowest BCUT2D eigenvalue weighted by Gasteiger charge is -2.09. The number of carbonyl (C=O) groups excluding carboxylic acids is 1. The standard InChI is InChI=1S/C12H13F3O5S/c1-19-11(16)4-2-3-9-5-7-10(8-6-9)20-21(17,18)12(13,14)15/h5-8H,2-4H2,1H3. The van der Waals surface area contributed by atoms with Gasteiger partial charge in [-0.2, -0.15) is 21.6 Å². The average Bonchev–Trinajstić information content (AvgIpc) is 2.39. The molecule has 1 rings (SSSR count). The van der Waals surface area contributed by atoms with Gasteiger partial charge in [-0.15, -0.1) is 0 Å². The molecule has 9 heteroatoms. The lowest BCUT2D eigenvalue weighted by atomic mass is 10.1. The maximum Gasteiger partial charge on any atom is 0.534 e. The van der Waals surface area contributed by atoms with E-state index in [0.29, 0.717) is 12.8 Å². The lowest BCUT2D eigenvalue weighted by Crippen LogP contribution is -2.28. The molecule has 1 aromatic rings. The van der Waals surface area contributed by atoms with Gasteiger partial charge in [0.25, 0.3) is 0 Å². The quantitative estimate of drug-likeness (QED) is 0.456. The zero-order chi connectivity index (χ0) is 16.1. The molecule has 0 unspecified atom stereocenters. The number of halogens is 3. The third-order valence-corrected chi connectivity index (χ3v) is 3.47. The molecule has 0 aliphatic rings. The van der Waals surface area contributed by atoms with Gasteiger partial charge in [0.2, 0.25) is 0 Å². The fraction of sp³-hybridized carbons (Fsp3) is 0.417. The fourth-order valence-corrected chi connectivity index (χ4v) is 1.88. The first-order chi connectivity index (χ1) is 9.65. The van der Waals surface area contributed by atoms with Crippen molar-refractivity contribution in [3.8, 4) is 5.75 Å². The van der Waals surface area contributed by atoms with Crippen molar-refractivity contribution in [1.29, 1.82) is 0 Å². The smallest absolute Gasteiger partial charge is 0.469 e. The van der Waals surface area contributed by atoms with Crippen molar-refractivity contribution >= 4 is 16.1 Å². The van der Waals surface area contributed by atoms with E-state index in [-0.39, 0.29) is 12.4 Å². The van der Waals surface area contributed by atoms with E-state index in [1.165, 1.54) is 19.2 Å². The molecule has 0 aliphatic carbocycles. The Morgan fingerprint density at radius 1 is 1.19 bits per heavy atom. The molecule has 0 saturated heterocycles. The van der Waals surface area contributed by atoms with Crippen LogP contribution in [0.25, 0.3) is 0 Å². The molecule has 0 N–H and O–H groups in total. The SMILES string of the molecule is COC(=O)CCCc1ccc(OS(=O)(=O)C(F)(F)F)cc1. The molecular formula is C12H13F3O5S. The van der Waals surface area contributed by atoms with Crippen LogP contribution < -0.4 is 4.18 Å². The molecule has 0 amide bonds. The van der Waals surface area contributed by atoms with Gasteiger partial charge < -0.3 is 8.92 Å². The van der Waals surface area contributed by atoms with Crippen molar-refractivity contribution in [2.75, 3.05) is 7.11 Å². The molecule has 118 valence electrons. The Balaban J connectivity index is 2.61. The van der Waals surface area contributed by atoms with E-state index in [9.17, 15) is 26.4 Å². The number of alkyl halides is 3. The van der Waals surface area contributed by atoms with E-state index in [1.807, 2.05) is 0 Å². The van der Waals surface area contributed by atoms with Gasteiger partial charge in [0.15, 0.2) is 0 Å². The highest BCUT2D eigenvalue weighted by atomic mass is 32.2. The molecule has 0 bridgehead atoms. The van der Waals surface area contributed by atoms with Crippen LogP contribution in [0.2, 0.25) is 0 Å². The number of aryl methyl sites for hydroxylation is 1. The van der Waals surface area contributed by atoms with Crippen LogP contribution in [-0.2, 0) is 26.1 Å². The molecule has 0 atom stereocenters. The summed E-state index contributed by atoms with van der Waals surface area (Å²) >= 11 is 0. The van der Waals surface area contributed by atoms with Crippen LogP contribution in [0.1, 0.15) is 18.4 Å². The minimum atomic E-state index is -5.66. The summed E-state index contributed by atoms with van der Waals surface area (Å²) in [5.74, 6) is -0.782. The molecule has 5 nitrogen and oxygen atoms in total. The summed E-state index contributed by atoms with van der Waals surface area (Å²) in [6.07, 6.45) is 1.23. The minimum absolute atomic E-state index is 0.219. The Hall–Kier alpha value is -1.77. The van der Waals surface area contributed by atoms with Crippen molar-refractivity contribution in [3.63, 3.8) is 0 Å². The summed E-state index contributed by atoms with van der Waals surface area (Å²) in [6, 6.07) is 5.10. The Bertz CT molecular complexity index is 578. The molecule has 0 radical (unpaired) electrons. The second-order valence-corrected chi connectivity index (χ2v) is 5.59. The van der Waals surface area contributed by atoms with Gasteiger partial charge >= 0.3 is 21.6 Å². The topological polar surface area (TPSA) is 69.7 Å². The van der Waals surface area contributed by atoms with E-state index in [1.54, 1.807) is 0 Å². The number of esters is 1. The van der Waals surface area contributed by atoms with E-state index >= 15 is 0 Å². The third-order valence-electron chi connectivity index (χ3n) is 2.49. The Kier molecular flexibility index (Phi) is 5.59. The number of benzene rings is 1. The predicted octanol–water partition coefficient (Wildman–Crippen LogP) is 2.41. The molecule has 21 heavy (non-hydrogen) atoms. The van der Waals surface area contributed by atoms with Crippen LogP contribution >= 0.6 is 0 Å². The van der Waals surface area contributed by atoms with E-state index in [2.05, 4.69) is 8.92 Å². The van der Waals surface area contributed by atoms with Gasteiger partial charge in [-0.05, 0) is 30.5 Å². The van der Waals surface area contributed by atoms with Crippen molar-refractivity contribution in [2.45, 2.75) is 24.8 Å². The normalized spacial score (nSPS) is 12.0. The van der Waals surface area contributed by atoms with Gasteiger partial charge in [0, 0.05) is 6.42 Å². The number of methoxy groups -OCH3 is 1. The molecule has 0 spiro atoms. The summed E-state index contributed by atoms with van der Waals surface area (Å²) in [7, 11) is -4.38. The molecular weight excluding hydrogens is 313 g/mol. The summed E-state index contributed by atoms with van der Waals surface area (Å²) in [5, 5.41) is 0. The van der Waals surface area contributed by atoms with E-state index < -0.39 is 21.4 Å². The van der Waals surface area contributed by atoms with E-state index in [0.717, 1.165) is 17.7 Å². The Labute approximate surface area is 119 Å². The molecule has 1 aromatic carbocycles. The summed E-state index contributed by atoms with van der Waals surface area (Å²) in [4.78, 5) is 10.9. The van der Waals surface area contributed by atoms with Gasteiger partial charge in [0.05, 0.1) is 7.11 Å². The summed E-state index contributed by atoms with van der Waals surface area (Å²) < 4.78 is 66.3. The van der Waals surface area contributed by atoms with Crippen LogP contribution in [0.3, 0.4) is 0 Å². The number of ether oxygens (including phenoxy) is 1. The van der Waals surface area contributed by atoms with Crippen LogP contribution in [0.15, 0.2) is 24.3 Å². The average molecular weight is 326 g/mol. The summed E-state index contributed by atoms with van der Waals surface area (Å²) in [6.45, 7) is 0. The highest BCUT2D eigenvalue weighted by Crippen LogP contribution is 2.27. The molecule has 0 saturated carbocycles. The molecule has 0 aliphatic heterocycles. The third kappa shape index (κ3) is 5.25. The number of hydrogen-bond acceptors (Lipinski definition) is 5. The van der Waals surface area contributed by atoms with Crippen LogP contribution in [0.4, 0.5) is 13.2 Å². The first-order valence-electron chi connectivity index (χ1n) is 5.82. The number of rotatable bonds is 6. The van der Waals surface area contributed by atoms with Gasteiger partial charge in [-0.25, -0.2) is 0 Å². The monoisotopic (exact) mass is 326 g/mol. The van der Waals surface area contributed by atoms with Crippen molar-refractivity contribution in [1.82, 2.24) is 0 Å². The minimum Gasteiger partial charge on any atom is -0.469 e. The second-order valence-electron chi connectivity index (χ2n) is 4.06. The Morgan fingerprint density at radius 3 is 2.24 bits per heavy atom. The second kappa shape index (κ2) is 6.79. The molecule has 0 aromatic heterocycles. The molecule has 0 fully saturated rings. The van der Waals surface area contributed by atoms with Crippen molar-refractivity contribution in [2.24, 2.45) is 0 Å². The first kappa shape index (κ1) is 17.3. The van der Waals surface area contributed by atoms with E-state index in [4.69, 9.17) is 0 Å². The maximum atomic E-state index is 12.1. The number of carbonyl (C=O) groups is 1. The zero-order valence-corrected chi connectivity index (χ0v) is 11.8. The van der Waals surface area contributed by atoms with Crippen molar-refractivity contribution in [3.05, 3.63) is 29.8 Å². The van der Waals surface area contributed by atoms with Crippen LogP contribution in [0.5, 0.6) is 5.75 Å². The van der Waals surface area contributed by atoms with Crippen LogP contribution in [0, 0.1) is 0 Å². The lowest BCUT2D eigenvalue weighted by molar-refractivity contribution is -0.140. The molecule has 0 heterocycles. The van der Waals surface area contributed by atoms with Gasteiger partial charge in [-0.1, -0.05) is 12.1 Å². The van der Waals surface area contributed by atoms with Gasteiger partial charge in [0.1, 0.15) is 5.75 Å². The summed E-state index contributed by atoms with van der Waals surface area (Å²) in [5.41, 5.74) is -4.73. The maximum absolute atomic E-state index is 12.1. The first-order valence-corrected chi connectivity index (χ1v) is 7.23. The predicted molar refractivity (Wildman–Crippen MR) is 67.0 cm³/mol.